The number of benzene rings is 2. The zero-order chi connectivity index (χ0) is 14.5. The Morgan fingerprint density at radius 3 is 2.45 bits per heavy atom. The van der Waals surface area contributed by atoms with E-state index in [2.05, 4.69) is 0 Å². The van der Waals surface area contributed by atoms with Gasteiger partial charge >= 0.3 is 0 Å². The van der Waals surface area contributed by atoms with Gasteiger partial charge in [0.15, 0.2) is 18.1 Å². The van der Waals surface area contributed by atoms with E-state index >= 15 is 0 Å². The molecule has 0 atom stereocenters. The van der Waals surface area contributed by atoms with Crippen molar-refractivity contribution < 1.29 is 23.0 Å². The van der Waals surface area contributed by atoms with E-state index in [1.165, 1.54) is 7.11 Å². The van der Waals surface area contributed by atoms with Gasteiger partial charge in [0.1, 0.15) is 11.6 Å². The molecule has 2 aromatic carbocycles. The standard InChI is InChI=1S/C15H12F2O3/c1-19-14-4-2-3-5-15(14)20-9-13(18)11-7-6-10(16)8-12(11)17/h2-8H,9H2,1H3. The summed E-state index contributed by atoms with van der Waals surface area (Å²) in [5, 5.41) is 0. The lowest BCUT2D eigenvalue weighted by Gasteiger charge is -2.09. The molecule has 2 aromatic rings. The Kier molecular flexibility index (Phi) is 4.30. The average Bonchev–Trinajstić information content (AvgIpc) is 2.45. The van der Waals surface area contributed by atoms with Crippen molar-refractivity contribution in [2.75, 3.05) is 13.7 Å². The van der Waals surface area contributed by atoms with Crippen molar-refractivity contribution >= 4 is 5.78 Å². The second-order valence-electron chi connectivity index (χ2n) is 3.99. The van der Waals surface area contributed by atoms with Crippen molar-refractivity contribution in [1.82, 2.24) is 0 Å². The summed E-state index contributed by atoms with van der Waals surface area (Å²) < 4.78 is 36.5. The first kappa shape index (κ1) is 14.0. The van der Waals surface area contributed by atoms with Crippen LogP contribution < -0.4 is 9.47 Å². The van der Waals surface area contributed by atoms with Gasteiger partial charge in [0, 0.05) is 6.07 Å². The van der Waals surface area contributed by atoms with E-state index in [1.807, 2.05) is 0 Å². The smallest absolute Gasteiger partial charge is 0.203 e. The van der Waals surface area contributed by atoms with E-state index in [1.54, 1.807) is 24.3 Å². The van der Waals surface area contributed by atoms with Crippen LogP contribution in [0.5, 0.6) is 11.5 Å². The molecule has 0 amide bonds. The van der Waals surface area contributed by atoms with Gasteiger partial charge in [0.25, 0.3) is 0 Å². The van der Waals surface area contributed by atoms with Crippen LogP contribution in [-0.4, -0.2) is 19.5 Å². The number of ketones is 1. The Bertz CT molecular complexity index is 626. The van der Waals surface area contributed by atoms with Crippen LogP contribution in [0.1, 0.15) is 10.4 Å². The van der Waals surface area contributed by atoms with Crippen LogP contribution in [0.2, 0.25) is 0 Å². The zero-order valence-electron chi connectivity index (χ0n) is 10.7. The van der Waals surface area contributed by atoms with Gasteiger partial charge in [-0.25, -0.2) is 8.78 Å². The van der Waals surface area contributed by atoms with Crippen molar-refractivity contribution in [1.29, 1.82) is 0 Å². The van der Waals surface area contributed by atoms with Gasteiger partial charge in [-0.3, -0.25) is 4.79 Å². The number of hydrogen-bond acceptors (Lipinski definition) is 3. The quantitative estimate of drug-likeness (QED) is 0.788. The molecule has 0 aliphatic rings. The maximum absolute atomic E-state index is 13.4. The van der Waals surface area contributed by atoms with Gasteiger partial charge in [-0.2, -0.15) is 0 Å². The third-order valence-corrected chi connectivity index (χ3v) is 2.66. The Balaban J connectivity index is 2.09. The summed E-state index contributed by atoms with van der Waals surface area (Å²) >= 11 is 0. The first-order valence-corrected chi connectivity index (χ1v) is 5.86. The summed E-state index contributed by atoms with van der Waals surface area (Å²) in [6.45, 7) is -0.358. The van der Waals surface area contributed by atoms with Crippen LogP contribution in [0.15, 0.2) is 42.5 Å². The summed E-state index contributed by atoms with van der Waals surface area (Å²) in [6.07, 6.45) is 0. The normalized spacial score (nSPS) is 10.2. The highest BCUT2D eigenvalue weighted by Crippen LogP contribution is 2.25. The number of rotatable bonds is 5. The highest BCUT2D eigenvalue weighted by atomic mass is 19.1. The highest BCUT2D eigenvalue weighted by molar-refractivity contribution is 5.97. The Morgan fingerprint density at radius 2 is 1.80 bits per heavy atom. The van der Waals surface area contributed by atoms with Gasteiger partial charge in [-0.15, -0.1) is 0 Å². The molecule has 3 nitrogen and oxygen atoms in total. The SMILES string of the molecule is COc1ccccc1OCC(=O)c1ccc(F)cc1F. The number of halogens is 2. The van der Waals surface area contributed by atoms with E-state index in [9.17, 15) is 13.6 Å². The maximum Gasteiger partial charge on any atom is 0.203 e. The summed E-state index contributed by atoms with van der Waals surface area (Å²) in [5.74, 6) is -1.36. The number of carbonyl (C=O) groups is 1. The molecule has 0 unspecified atom stereocenters. The van der Waals surface area contributed by atoms with Gasteiger partial charge in [0.05, 0.1) is 12.7 Å². The molecule has 0 heterocycles. The predicted molar refractivity (Wildman–Crippen MR) is 69.2 cm³/mol. The topological polar surface area (TPSA) is 35.5 Å². The molecule has 0 aromatic heterocycles. The molecule has 0 aliphatic heterocycles. The van der Waals surface area contributed by atoms with Crippen molar-refractivity contribution in [2.24, 2.45) is 0 Å². The molecule has 20 heavy (non-hydrogen) atoms. The van der Waals surface area contributed by atoms with E-state index in [4.69, 9.17) is 9.47 Å². The molecule has 0 saturated heterocycles. The third kappa shape index (κ3) is 3.12. The highest BCUT2D eigenvalue weighted by Gasteiger charge is 2.14. The largest absolute Gasteiger partial charge is 0.493 e. The monoisotopic (exact) mass is 278 g/mol. The molecule has 5 heteroatoms. The molecule has 0 fully saturated rings. The second-order valence-corrected chi connectivity index (χ2v) is 3.99. The summed E-state index contributed by atoms with van der Waals surface area (Å²) in [7, 11) is 1.48. The minimum absolute atomic E-state index is 0.207. The maximum atomic E-state index is 13.4. The van der Waals surface area contributed by atoms with Crippen molar-refractivity contribution in [2.45, 2.75) is 0 Å². The number of Topliss-reactive ketones (excluding diaryl/α,β-unsaturated/α-hetero) is 1. The fourth-order valence-electron chi connectivity index (χ4n) is 1.67. The van der Waals surface area contributed by atoms with Crippen LogP contribution in [0.25, 0.3) is 0 Å². The molecule has 0 saturated carbocycles. The number of hydrogen-bond donors (Lipinski definition) is 0. The minimum Gasteiger partial charge on any atom is -0.493 e. The fourth-order valence-corrected chi connectivity index (χ4v) is 1.67. The number of para-hydroxylation sites is 2. The molecule has 0 spiro atoms. The van der Waals surface area contributed by atoms with Crippen LogP contribution in [0.3, 0.4) is 0 Å². The molecule has 2 rings (SSSR count). The molecule has 0 aliphatic carbocycles. The zero-order valence-corrected chi connectivity index (χ0v) is 10.7. The predicted octanol–water partition coefficient (Wildman–Crippen LogP) is 3.24. The lowest BCUT2D eigenvalue weighted by atomic mass is 10.1. The van der Waals surface area contributed by atoms with Crippen molar-refractivity contribution in [3.8, 4) is 11.5 Å². The molecule has 0 N–H and O–H groups in total. The number of carbonyl (C=O) groups excluding carboxylic acids is 1. The Hall–Kier alpha value is -2.43. The first-order valence-electron chi connectivity index (χ1n) is 5.86. The fraction of sp³-hybridized carbons (Fsp3) is 0.133. The third-order valence-electron chi connectivity index (χ3n) is 2.66. The van der Waals surface area contributed by atoms with Crippen LogP contribution >= 0.6 is 0 Å². The summed E-state index contributed by atoms with van der Waals surface area (Å²) in [4.78, 5) is 11.8. The Morgan fingerprint density at radius 1 is 1.10 bits per heavy atom. The van der Waals surface area contributed by atoms with Crippen LogP contribution in [0, 0.1) is 11.6 Å². The van der Waals surface area contributed by atoms with Gasteiger partial charge in [-0.1, -0.05) is 12.1 Å². The Labute approximate surface area is 114 Å². The number of methoxy groups -OCH3 is 1. The molecule has 0 bridgehead atoms. The van der Waals surface area contributed by atoms with Crippen LogP contribution in [0.4, 0.5) is 8.78 Å². The number of ether oxygens (including phenoxy) is 2. The van der Waals surface area contributed by atoms with Gasteiger partial charge in [0.2, 0.25) is 5.78 Å². The lowest BCUT2D eigenvalue weighted by Crippen LogP contribution is -2.13. The van der Waals surface area contributed by atoms with Crippen LogP contribution in [-0.2, 0) is 0 Å². The van der Waals surface area contributed by atoms with E-state index in [0.717, 1.165) is 12.1 Å². The van der Waals surface area contributed by atoms with Gasteiger partial charge in [-0.05, 0) is 24.3 Å². The first-order chi connectivity index (χ1) is 9.61. The minimum atomic E-state index is -0.904. The van der Waals surface area contributed by atoms with Crippen molar-refractivity contribution in [3.05, 3.63) is 59.7 Å². The lowest BCUT2D eigenvalue weighted by molar-refractivity contribution is 0.0915. The van der Waals surface area contributed by atoms with E-state index in [-0.39, 0.29) is 12.2 Å². The average molecular weight is 278 g/mol. The molecule has 104 valence electrons. The summed E-state index contributed by atoms with van der Waals surface area (Å²) in [6, 6.07) is 9.58. The summed E-state index contributed by atoms with van der Waals surface area (Å²) in [5.41, 5.74) is -0.207. The molecular formula is C15H12F2O3. The van der Waals surface area contributed by atoms with E-state index < -0.39 is 17.4 Å². The van der Waals surface area contributed by atoms with Crippen molar-refractivity contribution in [3.63, 3.8) is 0 Å². The van der Waals surface area contributed by atoms with Gasteiger partial charge < -0.3 is 9.47 Å². The molecule has 0 radical (unpaired) electrons. The molecular weight excluding hydrogens is 266 g/mol. The van der Waals surface area contributed by atoms with E-state index in [0.29, 0.717) is 17.6 Å². The second kappa shape index (κ2) is 6.14.